The number of aliphatic imine (C=N–C) groups is 1. The van der Waals surface area contributed by atoms with E-state index in [1.807, 2.05) is 19.3 Å². The van der Waals surface area contributed by atoms with Gasteiger partial charge in [-0.25, -0.2) is 0 Å². The van der Waals surface area contributed by atoms with Crippen LogP contribution in [0.25, 0.3) is 0 Å². The van der Waals surface area contributed by atoms with Gasteiger partial charge in [0.15, 0.2) is 5.96 Å². The molecule has 1 aromatic rings. The summed E-state index contributed by atoms with van der Waals surface area (Å²) in [6.45, 7) is 4.86. The predicted molar refractivity (Wildman–Crippen MR) is 104 cm³/mol. The maximum atomic E-state index is 11.5. The summed E-state index contributed by atoms with van der Waals surface area (Å²) in [6.07, 6.45) is 6.20. The summed E-state index contributed by atoms with van der Waals surface area (Å²) in [5.74, 6) is 0.945. The van der Waals surface area contributed by atoms with Gasteiger partial charge in [0.2, 0.25) is 5.56 Å². The fraction of sp³-hybridized carbons (Fsp3) is 0.625. The third-order valence-electron chi connectivity index (χ3n) is 3.43. The summed E-state index contributed by atoms with van der Waals surface area (Å²) in [6, 6.07) is 5.27. The van der Waals surface area contributed by atoms with Crippen LogP contribution < -0.4 is 10.9 Å². The number of unbranched alkanes of at least 4 members (excludes halogenated alkanes) is 2. The normalized spacial score (nSPS) is 11.0. The largest absolute Gasteiger partial charge is 0.356 e. The third-order valence-corrected chi connectivity index (χ3v) is 3.43. The summed E-state index contributed by atoms with van der Waals surface area (Å²) in [5.41, 5.74) is 0.0700. The van der Waals surface area contributed by atoms with Crippen molar-refractivity contribution in [2.75, 3.05) is 27.2 Å². The van der Waals surface area contributed by atoms with Crippen molar-refractivity contribution < 1.29 is 0 Å². The fourth-order valence-electron chi connectivity index (χ4n) is 2.14. The van der Waals surface area contributed by atoms with Crippen molar-refractivity contribution in [2.24, 2.45) is 4.99 Å². The van der Waals surface area contributed by atoms with Gasteiger partial charge in [0.1, 0.15) is 0 Å². The average Bonchev–Trinajstić information content (AvgIpc) is 2.50. The van der Waals surface area contributed by atoms with E-state index >= 15 is 0 Å². The van der Waals surface area contributed by atoms with Gasteiger partial charge in [-0.05, 0) is 25.3 Å². The number of hydrogen-bond donors (Lipinski definition) is 1. The Labute approximate surface area is 150 Å². The molecule has 0 unspecified atom stereocenters. The van der Waals surface area contributed by atoms with Crippen molar-refractivity contribution in [2.45, 2.75) is 39.2 Å². The molecule has 126 valence electrons. The Morgan fingerprint density at radius 1 is 1.32 bits per heavy atom. The lowest BCUT2D eigenvalue weighted by atomic mass is 10.3. The van der Waals surface area contributed by atoms with Crippen LogP contribution in [0.5, 0.6) is 0 Å². The molecule has 0 radical (unpaired) electrons. The first kappa shape index (κ1) is 20.9. The highest BCUT2D eigenvalue weighted by molar-refractivity contribution is 14.0. The lowest BCUT2D eigenvalue weighted by Crippen LogP contribution is -2.39. The molecule has 0 aliphatic carbocycles. The fourth-order valence-corrected chi connectivity index (χ4v) is 2.14. The number of hydrogen-bond acceptors (Lipinski definition) is 2. The van der Waals surface area contributed by atoms with Crippen LogP contribution in [-0.2, 0) is 6.54 Å². The summed E-state index contributed by atoms with van der Waals surface area (Å²) < 4.78 is 1.75. The van der Waals surface area contributed by atoms with Gasteiger partial charge >= 0.3 is 0 Å². The molecule has 0 atom stereocenters. The Hall–Kier alpha value is -1.05. The Kier molecular flexibility index (Phi) is 11.9. The molecule has 0 saturated carbocycles. The number of aryl methyl sites for hydroxylation is 1. The zero-order chi connectivity index (χ0) is 15.5. The van der Waals surface area contributed by atoms with Crippen LogP contribution in [0.2, 0.25) is 0 Å². The number of pyridine rings is 1. The van der Waals surface area contributed by atoms with E-state index in [4.69, 9.17) is 0 Å². The van der Waals surface area contributed by atoms with Crippen LogP contribution in [0.4, 0.5) is 0 Å². The molecule has 0 aliphatic heterocycles. The summed E-state index contributed by atoms with van der Waals surface area (Å²) in [5, 5.41) is 3.37. The minimum Gasteiger partial charge on any atom is -0.356 e. The summed E-state index contributed by atoms with van der Waals surface area (Å²) in [7, 11) is 3.88. The highest BCUT2D eigenvalue weighted by Gasteiger charge is 2.03. The van der Waals surface area contributed by atoms with E-state index in [1.165, 1.54) is 12.8 Å². The maximum Gasteiger partial charge on any atom is 0.250 e. The second-order valence-electron chi connectivity index (χ2n) is 5.19. The second kappa shape index (κ2) is 12.5. The Morgan fingerprint density at radius 2 is 2.09 bits per heavy atom. The van der Waals surface area contributed by atoms with Crippen LogP contribution in [-0.4, -0.2) is 42.6 Å². The van der Waals surface area contributed by atoms with Crippen LogP contribution in [0, 0.1) is 0 Å². The quantitative estimate of drug-likeness (QED) is 0.305. The number of guanidine groups is 1. The van der Waals surface area contributed by atoms with Crippen LogP contribution in [0.1, 0.15) is 32.6 Å². The van der Waals surface area contributed by atoms with E-state index in [1.54, 1.807) is 16.7 Å². The van der Waals surface area contributed by atoms with Crippen molar-refractivity contribution in [3.63, 3.8) is 0 Å². The van der Waals surface area contributed by atoms with Crippen molar-refractivity contribution in [1.82, 2.24) is 14.8 Å². The molecule has 6 heteroatoms. The second-order valence-corrected chi connectivity index (χ2v) is 5.19. The molecule has 1 N–H and O–H groups in total. The van der Waals surface area contributed by atoms with Crippen molar-refractivity contribution in [1.29, 1.82) is 0 Å². The molecule has 1 rings (SSSR count). The third kappa shape index (κ3) is 7.82. The molecule has 1 heterocycles. The smallest absolute Gasteiger partial charge is 0.250 e. The van der Waals surface area contributed by atoms with Gasteiger partial charge < -0.3 is 14.8 Å². The zero-order valence-electron chi connectivity index (χ0n) is 13.9. The number of rotatable bonds is 8. The lowest BCUT2D eigenvalue weighted by Gasteiger charge is -2.21. The monoisotopic (exact) mass is 420 g/mol. The zero-order valence-corrected chi connectivity index (χ0v) is 16.2. The molecule has 0 saturated heterocycles. The molecular weight excluding hydrogens is 391 g/mol. The molecule has 5 nitrogen and oxygen atoms in total. The van der Waals surface area contributed by atoms with Gasteiger partial charge in [-0.15, -0.1) is 24.0 Å². The maximum absolute atomic E-state index is 11.5. The lowest BCUT2D eigenvalue weighted by molar-refractivity contribution is 0.462. The van der Waals surface area contributed by atoms with Gasteiger partial charge in [0, 0.05) is 46.0 Å². The van der Waals surface area contributed by atoms with E-state index in [9.17, 15) is 4.79 Å². The average molecular weight is 420 g/mol. The molecular formula is C16H29IN4O. The first-order valence-electron chi connectivity index (χ1n) is 7.76. The van der Waals surface area contributed by atoms with Gasteiger partial charge in [0.25, 0.3) is 0 Å². The van der Waals surface area contributed by atoms with Crippen molar-refractivity contribution in [3.05, 3.63) is 34.7 Å². The van der Waals surface area contributed by atoms with Crippen molar-refractivity contribution >= 4 is 29.9 Å². The minimum absolute atomic E-state index is 0. The summed E-state index contributed by atoms with van der Waals surface area (Å²) >= 11 is 0. The van der Waals surface area contributed by atoms with Gasteiger partial charge in [0.05, 0.1) is 0 Å². The van der Waals surface area contributed by atoms with E-state index in [-0.39, 0.29) is 29.5 Å². The molecule has 0 fully saturated rings. The summed E-state index contributed by atoms with van der Waals surface area (Å²) in [4.78, 5) is 18.0. The first-order valence-corrected chi connectivity index (χ1v) is 7.76. The van der Waals surface area contributed by atoms with Crippen LogP contribution in [0.3, 0.4) is 0 Å². The Balaban J connectivity index is 0.00000441. The van der Waals surface area contributed by atoms with E-state index in [2.05, 4.69) is 29.2 Å². The molecule has 0 aliphatic rings. The van der Waals surface area contributed by atoms with Crippen LogP contribution >= 0.6 is 24.0 Å². The molecule has 22 heavy (non-hydrogen) atoms. The van der Waals surface area contributed by atoms with Crippen LogP contribution in [0.15, 0.2) is 34.2 Å². The van der Waals surface area contributed by atoms with Gasteiger partial charge in [-0.2, -0.15) is 0 Å². The topological polar surface area (TPSA) is 49.6 Å². The molecule has 0 spiro atoms. The van der Waals surface area contributed by atoms with E-state index in [0.29, 0.717) is 0 Å². The van der Waals surface area contributed by atoms with Gasteiger partial charge in [-0.1, -0.05) is 19.4 Å². The SMILES string of the molecule is CCCCN(C)C(=NC)NCCCCn1ccccc1=O.I. The molecule has 1 aromatic heterocycles. The van der Waals surface area contributed by atoms with Crippen molar-refractivity contribution in [3.8, 4) is 0 Å². The molecule has 0 amide bonds. The number of aromatic nitrogens is 1. The molecule has 0 bridgehead atoms. The Morgan fingerprint density at radius 3 is 2.73 bits per heavy atom. The number of halogens is 1. The minimum atomic E-state index is 0. The van der Waals surface area contributed by atoms with Gasteiger partial charge in [-0.3, -0.25) is 9.79 Å². The molecule has 0 aromatic carbocycles. The first-order chi connectivity index (χ1) is 10.2. The standard InChI is InChI=1S/C16H28N4O.HI/c1-4-5-12-19(3)16(17-2)18-11-7-9-14-20-13-8-6-10-15(20)21;/h6,8,10,13H,4-5,7,9,11-12,14H2,1-3H3,(H,17,18);1H. The highest BCUT2D eigenvalue weighted by Crippen LogP contribution is 1.95. The highest BCUT2D eigenvalue weighted by atomic mass is 127. The Bertz CT molecular complexity index is 487. The predicted octanol–water partition coefficient (Wildman–Crippen LogP) is 2.55. The van der Waals surface area contributed by atoms with E-state index < -0.39 is 0 Å². The number of nitrogens with one attached hydrogen (secondary N) is 1. The van der Waals surface area contributed by atoms with E-state index in [0.717, 1.165) is 38.4 Å². The number of nitrogens with zero attached hydrogens (tertiary/aromatic N) is 3.